The molecule has 0 saturated carbocycles. The second-order valence-corrected chi connectivity index (χ2v) is 8.14. The molecule has 0 spiro atoms. The summed E-state index contributed by atoms with van der Waals surface area (Å²) >= 11 is 1.67. The molecular weight excluding hydrogens is 416 g/mol. The fraction of sp³-hybridized carbons (Fsp3) is 0.120. The number of hydrogen-bond donors (Lipinski definition) is 2. The molecule has 5 heterocycles. The summed E-state index contributed by atoms with van der Waals surface area (Å²) in [5.74, 6) is 0.677. The van der Waals surface area contributed by atoms with Gasteiger partial charge in [0.25, 0.3) is 0 Å². The SMILES string of the molecule is C=C/C(=C\C(=C/C)c1cc2c(-c3nc4nccc(-c5ccsc5)c4[nH]3)n[nH]c2cn1)CC. The number of nitrogens with zero attached hydrogens (tertiary/aromatic N) is 4. The van der Waals surface area contributed by atoms with E-state index in [2.05, 4.69) is 73.7 Å². The summed E-state index contributed by atoms with van der Waals surface area (Å²) in [5.41, 5.74) is 8.49. The lowest BCUT2D eigenvalue weighted by Crippen LogP contribution is -1.89. The minimum atomic E-state index is 0.671. The van der Waals surface area contributed by atoms with E-state index < -0.39 is 0 Å². The van der Waals surface area contributed by atoms with Gasteiger partial charge in [-0.3, -0.25) is 10.1 Å². The zero-order chi connectivity index (χ0) is 22.1. The Morgan fingerprint density at radius 1 is 1.25 bits per heavy atom. The third-order valence-corrected chi connectivity index (χ3v) is 6.20. The second-order valence-electron chi connectivity index (χ2n) is 7.36. The van der Waals surface area contributed by atoms with Gasteiger partial charge in [-0.1, -0.05) is 25.7 Å². The van der Waals surface area contributed by atoms with Crippen LogP contribution in [0.2, 0.25) is 0 Å². The molecule has 0 amide bonds. The number of nitrogens with one attached hydrogen (secondary N) is 2. The molecule has 0 atom stereocenters. The van der Waals surface area contributed by atoms with E-state index in [1.807, 2.05) is 25.3 Å². The topological polar surface area (TPSA) is 83.1 Å². The molecule has 6 nitrogen and oxygen atoms in total. The molecule has 0 saturated heterocycles. The first kappa shape index (κ1) is 20.1. The summed E-state index contributed by atoms with van der Waals surface area (Å²) in [4.78, 5) is 17.3. The molecule has 0 radical (unpaired) electrons. The van der Waals surface area contributed by atoms with Crippen LogP contribution in [-0.2, 0) is 0 Å². The van der Waals surface area contributed by atoms with Crippen LogP contribution in [0, 0.1) is 0 Å². The van der Waals surface area contributed by atoms with Crippen molar-refractivity contribution in [1.82, 2.24) is 30.1 Å². The van der Waals surface area contributed by atoms with Crippen molar-refractivity contribution in [3.05, 3.63) is 77.4 Å². The predicted octanol–water partition coefficient (Wildman–Crippen LogP) is 6.55. The number of aromatic amines is 2. The molecule has 0 fully saturated rings. The molecule has 0 aromatic carbocycles. The van der Waals surface area contributed by atoms with Gasteiger partial charge in [0.15, 0.2) is 11.5 Å². The average molecular weight is 439 g/mol. The molecular formula is C25H22N6S. The van der Waals surface area contributed by atoms with E-state index in [0.29, 0.717) is 11.5 Å². The van der Waals surface area contributed by atoms with Gasteiger partial charge in [0.1, 0.15) is 5.69 Å². The van der Waals surface area contributed by atoms with Crippen molar-refractivity contribution < 1.29 is 0 Å². The minimum absolute atomic E-state index is 0.671. The fourth-order valence-corrected chi connectivity index (χ4v) is 4.40. The third-order valence-electron chi connectivity index (χ3n) is 5.51. The van der Waals surface area contributed by atoms with Crippen molar-refractivity contribution in [3.63, 3.8) is 0 Å². The summed E-state index contributed by atoms with van der Waals surface area (Å²) in [6, 6.07) is 6.16. The maximum atomic E-state index is 4.74. The number of fused-ring (bicyclic) bond motifs is 2. The van der Waals surface area contributed by atoms with Crippen molar-refractivity contribution in [2.75, 3.05) is 0 Å². The predicted molar refractivity (Wildman–Crippen MR) is 132 cm³/mol. The maximum absolute atomic E-state index is 4.74. The molecule has 0 aliphatic carbocycles. The van der Waals surface area contributed by atoms with Gasteiger partial charge >= 0.3 is 0 Å². The number of aromatic nitrogens is 6. The number of hydrogen-bond acceptors (Lipinski definition) is 5. The molecule has 2 N–H and O–H groups in total. The van der Waals surface area contributed by atoms with E-state index >= 15 is 0 Å². The van der Waals surface area contributed by atoms with Crippen LogP contribution in [0.3, 0.4) is 0 Å². The van der Waals surface area contributed by atoms with E-state index in [-0.39, 0.29) is 0 Å². The molecule has 5 aromatic rings. The van der Waals surface area contributed by atoms with Crippen LogP contribution < -0.4 is 0 Å². The van der Waals surface area contributed by atoms with Gasteiger partial charge in [-0.25, -0.2) is 9.97 Å². The monoisotopic (exact) mass is 438 g/mol. The molecule has 5 aromatic heterocycles. The summed E-state index contributed by atoms with van der Waals surface area (Å²) < 4.78 is 0. The van der Waals surface area contributed by atoms with Crippen LogP contribution in [0.1, 0.15) is 26.0 Å². The number of rotatable bonds is 6. The van der Waals surface area contributed by atoms with Gasteiger partial charge in [-0.05, 0) is 65.1 Å². The third kappa shape index (κ3) is 3.46. The van der Waals surface area contributed by atoms with Crippen LogP contribution >= 0.6 is 11.3 Å². The molecule has 158 valence electrons. The van der Waals surface area contributed by atoms with Crippen LogP contribution in [-0.4, -0.2) is 30.1 Å². The summed E-state index contributed by atoms with van der Waals surface area (Å²) in [7, 11) is 0. The van der Waals surface area contributed by atoms with Gasteiger partial charge in [0.2, 0.25) is 0 Å². The summed E-state index contributed by atoms with van der Waals surface area (Å²) in [6.07, 6.45) is 10.6. The highest BCUT2D eigenvalue weighted by Crippen LogP contribution is 2.32. The van der Waals surface area contributed by atoms with Gasteiger partial charge in [-0.15, -0.1) is 0 Å². The quantitative estimate of drug-likeness (QED) is 0.294. The highest BCUT2D eigenvalue weighted by Gasteiger charge is 2.17. The zero-order valence-corrected chi connectivity index (χ0v) is 18.7. The maximum Gasteiger partial charge on any atom is 0.178 e. The van der Waals surface area contributed by atoms with E-state index in [4.69, 9.17) is 4.98 Å². The standard InChI is InChI=1S/C25H22N6S/c1-4-15(5-2)11-16(6-3)20-12-19-21(13-27-20)30-31-23(19)25-28-22-18(17-8-10-32-14-17)7-9-26-24(22)29-25/h4,6-14H,1,5H2,2-3H3,(H,30,31)(H,26,28,29)/b15-11+,16-6+. The Morgan fingerprint density at radius 2 is 2.16 bits per heavy atom. The molecule has 0 aliphatic rings. The van der Waals surface area contributed by atoms with Crippen molar-refractivity contribution in [1.29, 1.82) is 0 Å². The zero-order valence-electron chi connectivity index (χ0n) is 17.9. The van der Waals surface area contributed by atoms with Crippen LogP contribution in [0.25, 0.3) is 50.3 Å². The summed E-state index contributed by atoms with van der Waals surface area (Å²) in [6.45, 7) is 8.04. The molecule has 5 rings (SSSR count). The van der Waals surface area contributed by atoms with Crippen molar-refractivity contribution in [2.24, 2.45) is 0 Å². The lowest BCUT2D eigenvalue weighted by Gasteiger charge is -2.04. The molecule has 0 aliphatic heterocycles. The molecule has 7 heteroatoms. The van der Waals surface area contributed by atoms with Gasteiger partial charge in [0.05, 0.1) is 22.9 Å². The minimum Gasteiger partial charge on any atom is -0.335 e. The normalized spacial score (nSPS) is 12.7. The first-order chi connectivity index (χ1) is 15.7. The average Bonchev–Trinajstić information content (AvgIpc) is 3.58. The van der Waals surface area contributed by atoms with E-state index in [9.17, 15) is 0 Å². The van der Waals surface area contributed by atoms with E-state index in [1.54, 1.807) is 17.5 Å². The van der Waals surface area contributed by atoms with Gasteiger partial charge < -0.3 is 4.98 Å². The Kier molecular flexibility index (Phi) is 5.25. The Hall–Kier alpha value is -3.84. The highest BCUT2D eigenvalue weighted by atomic mass is 32.1. The Labute approximate surface area is 189 Å². The van der Waals surface area contributed by atoms with E-state index in [0.717, 1.165) is 56.5 Å². The Balaban J connectivity index is 1.63. The van der Waals surface area contributed by atoms with Gasteiger partial charge in [0, 0.05) is 17.1 Å². The smallest absolute Gasteiger partial charge is 0.178 e. The number of pyridine rings is 2. The number of H-pyrrole nitrogens is 2. The summed E-state index contributed by atoms with van der Waals surface area (Å²) in [5, 5.41) is 12.8. The van der Waals surface area contributed by atoms with Crippen molar-refractivity contribution in [3.8, 4) is 22.6 Å². The second kappa shape index (κ2) is 8.36. The molecule has 0 bridgehead atoms. The fourth-order valence-electron chi connectivity index (χ4n) is 3.75. The Bertz CT molecular complexity index is 1480. The van der Waals surface area contributed by atoms with Crippen molar-refractivity contribution >= 4 is 39.0 Å². The largest absolute Gasteiger partial charge is 0.335 e. The highest BCUT2D eigenvalue weighted by molar-refractivity contribution is 7.08. The first-order valence-corrected chi connectivity index (χ1v) is 11.4. The number of imidazole rings is 1. The number of thiophene rings is 1. The number of allylic oxidation sites excluding steroid dienone is 5. The first-order valence-electron chi connectivity index (χ1n) is 10.4. The van der Waals surface area contributed by atoms with Crippen LogP contribution in [0.15, 0.2) is 71.7 Å². The molecule has 0 unspecified atom stereocenters. The van der Waals surface area contributed by atoms with Gasteiger partial charge in [-0.2, -0.15) is 16.4 Å². The van der Waals surface area contributed by atoms with Crippen LogP contribution in [0.4, 0.5) is 0 Å². The Morgan fingerprint density at radius 3 is 2.91 bits per heavy atom. The molecule has 32 heavy (non-hydrogen) atoms. The van der Waals surface area contributed by atoms with Crippen LogP contribution in [0.5, 0.6) is 0 Å². The lowest BCUT2D eigenvalue weighted by molar-refractivity contribution is 1.10. The van der Waals surface area contributed by atoms with Crippen molar-refractivity contribution in [2.45, 2.75) is 20.3 Å². The van der Waals surface area contributed by atoms with E-state index in [1.165, 1.54) is 0 Å². The lowest BCUT2D eigenvalue weighted by atomic mass is 10.0.